The van der Waals surface area contributed by atoms with Crippen molar-refractivity contribution in [3.8, 4) is 0 Å². The van der Waals surface area contributed by atoms with E-state index < -0.39 is 6.10 Å². The van der Waals surface area contributed by atoms with Gasteiger partial charge in [0, 0.05) is 6.54 Å². The average Bonchev–Trinajstić information content (AvgIpc) is 2.23. The maximum atomic E-state index is 11.5. The summed E-state index contributed by atoms with van der Waals surface area (Å²) < 4.78 is 0. The standard InChI is InChI=1S/C11H14Cl2N2O2/c1-7(16)5-14-6-10(17)15-11-8(12)3-2-4-9(11)13/h2-4,7,14,16H,5-6H2,1H3,(H,15,17). The number of rotatable bonds is 5. The summed E-state index contributed by atoms with van der Waals surface area (Å²) in [6.45, 7) is 2.08. The quantitative estimate of drug-likeness (QED) is 0.770. The first-order valence-electron chi connectivity index (χ1n) is 5.13. The zero-order chi connectivity index (χ0) is 12.8. The number of amides is 1. The van der Waals surface area contributed by atoms with Crippen LogP contribution in [0.1, 0.15) is 6.92 Å². The van der Waals surface area contributed by atoms with Gasteiger partial charge in [-0.3, -0.25) is 4.79 Å². The topological polar surface area (TPSA) is 61.4 Å². The molecule has 1 aromatic carbocycles. The molecule has 0 aliphatic rings. The number of nitrogens with one attached hydrogen (secondary N) is 2. The van der Waals surface area contributed by atoms with Crippen molar-refractivity contribution in [1.29, 1.82) is 0 Å². The van der Waals surface area contributed by atoms with Gasteiger partial charge in [-0.25, -0.2) is 0 Å². The summed E-state index contributed by atoms with van der Waals surface area (Å²) in [6.07, 6.45) is -0.494. The number of aliphatic hydroxyl groups excluding tert-OH is 1. The van der Waals surface area contributed by atoms with Crippen LogP contribution in [0.2, 0.25) is 10.0 Å². The summed E-state index contributed by atoms with van der Waals surface area (Å²) in [5, 5.41) is 15.2. The normalized spacial score (nSPS) is 12.2. The number of benzene rings is 1. The van der Waals surface area contributed by atoms with Gasteiger partial charge in [-0.05, 0) is 19.1 Å². The fourth-order valence-corrected chi connectivity index (χ4v) is 1.69. The Balaban J connectivity index is 2.51. The van der Waals surface area contributed by atoms with Crippen molar-refractivity contribution in [3.63, 3.8) is 0 Å². The Morgan fingerprint density at radius 1 is 1.41 bits per heavy atom. The molecule has 1 rings (SSSR count). The minimum absolute atomic E-state index is 0.0897. The second-order valence-electron chi connectivity index (χ2n) is 3.62. The van der Waals surface area contributed by atoms with E-state index in [0.717, 1.165) is 0 Å². The maximum absolute atomic E-state index is 11.5. The number of hydrogen-bond acceptors (Lipinski definition) is 3. The molecule has 0 spiro atoms. The highest BCUT2D eigenvalue weighted by Crippen LogP contribution is 2.29. The van der Waals surface area contributed by atoms with Gasteiger partial charge in [0.05, 0.1) is 28.4 Å². The molecule has 94 valence electrons. The summed E-state index contributed by atoms with van der Waals surface area (Å²) in [4.78, 5) is 11.5. The van der Waals surface area contributed by atoms with E-state index in [2.05, 4.69) is 10.6 Å². The van der Waals surface area contributed by atoms with E-state index in [0.29, 0.717) is 22.3 Å². The molecule has 0 heterocycles. The van der Waals surface area contributed by atoms with Crippen LogP contribution in [0.25, 0.3) is 0 Å². The predicted octanol–water partition coefficient (Wildman–Crippen LogP) is 1.90. The fraction of sp³-hybridized carbons (Fsp3) is 0.364. The molecule has 0 aliphatic carbocycles. The van der Waals surface area contributed by atoms with Gasteiger partial charge < -0.3 is 15.7 Å². The molecule has 0 radical (unpaired) electrons. The first-order valence-corrected chi connectivity index (χ1v) is 5.89. The third-order valence-electron chi connectivity index (χ3n) is 1.95. The van der Waals surface area contributed by atoms with Crippen molar-refractivity contribution in [3.05, 3.63) is 28.2 Å². The summed E-state index contributed by atoms with van der Waals surface area (Å²) >= 11 is 11.8. The van der Waals surface area contributed by atoms with Gasteiger partial charge in [-0.15, -0.1) is 0 Å². The number of aliphatic hydroxyl groups is 1. The first-order chi connectivity index (χ1) is 8.00. The Bertz CT molecular complexity index is 377. The number of hydrogen-bond donors (Lipinski definition) is 3. The Hall–Kier alpha value is -0.810. The smallest absolute Gasteiger partial charge is 0.238 e. The van der Waals surface area contributed by atoms with E-state index in [1.807, 2.05) is 0 Å². The second kappa shape index (κ2) is 6.81. The van der Waals surface area contributed by atoms with Crippen LogP contribution in [-0.4, -0.2) is 30.2 Å². The third-order valence-corrected chi connectivity index (χ3v) is 2.58. The highest BCUT2D eigenvalue weighted by molar-refractivity contribution is 6.39. The van der Waals surface area contributed by atoms with E-state index >= 15 is 0 Å². The minimum Gasteiger partial charge on any atom is -0.392 e. The fourth-order valence-electron chi connectivity index (χ4n) is 1.20. The molecule has 6 heteroatoms. The number of halogens is 2. The average molecular weight is 277 g/mol. The Kier molecular flexibility index (Phi) is 5.71. The number of para-hydroxylation sites is 1. The van der Waals surface area contributed by atoms with Gasteiger partial charge in [0.2, 0.25) is 5.91 Å². The molecular weight excluding hydrogens is 263 g/mol. The number of carbonyl (C=O) groups excluding carboxylic acids is 1. The van der Waals surface area contributed by atoms with Crippen LogP contribution in [0.5, 0.6) is 0 Å². The van der Waals surface area contributed by atoms with Crippen molar-refractivity contribution in [2.75, 3.05) is 18.4 Å². The summed E-state index contributed by atoms with van der Waals surface area (Å²) in [5.41, 5.74) is 0.402. The first kappa shape index (κ1) is 14.3. The van der Waals surface area contributed by atoms with Crippen molar-refractivity contribution in [1.82, 2.24) is 5.32 Å². The largest absolute Gasteiger partial charge is 0.392 e. The van der Waals surface area contributed by atoms with Gasteiger partial charge in [0.1, 0.15) is 0 Å². The highest BCUT2D eigenvalue weighted by atomic mass is 35.5. The Morgan fingerprint density at radius 2 is 2.00 bits per heavy atom. The number of anilines is 1. The second-order valence-corrected chi connectivity index (χ2v) is 4.44. The molecule has 1 unspecified atom stereocenters. The molecular formula is C11H14Cl2N2O2. The van der Waals surface area contributed by atoms with Crippen LogP contribution < -0.4 is 10.6 Å². The molecule has 1 atom stereocenters. The monoisotopic (exact) mass is 276 g/mol. The molecule has 1 amide bonds. The zero-order valence-corrected chi connectivity index (χ0v) is 10.8. The zero-order valence-electron chi connectivity index (χ0n) is 9.34. The Labute approximate surface area is 110 Å². The molecule has 0 aliphatic heterocycles. The molecule has 0 aromatic heterocycles. The lowest BCUT2D eigenvalue weighted by molar-refractivity contribution is -0.115. The van der Waals surface area contributed by atoms with E-state index in [1.54, 1.807) is 25.1 Å². The lowest BCUT2D eigenvalue weighted by atomic mass is 10.3. The molecule has 0 saturated carbocycles. The summed E-state index contributed by atoms with van der Waals surface area (Å²) in [7, 11) is 0. The van der Waals surface area contributed by atoms with Crippen molar-refractivity contribution >= 4 is 34.8 Å². The molecule has 0 fully saturated rings. The molecule has 0 bridgehead atoms. The van der Waals surface area contributed by atoms with Crippen molar-refractivity contribution < 1.29 is 9.90 Å². The predicted molar refractivity (Wildman–Crippen MR) is 69.6 cm³/mol. The van der Waals surface area contributed by atoms with Crippen LogP contribution >= 0.6 is 23.2 Å². The molecule has 0 saturated heterocycles. The van der Waals surface area contributed by atoms with Crippen molar-refractivity contribution in [2.24, 2.45) is 0 Å². The van der Waals surface area contributed by atoms with Crippen LogP contribution in [0.3, 0.4) is 0 Å². The van der Waals surface area contributed by atoms with Crippen LogP contribution in [-0.2, 0) is 4.79 Å². The third kappa shape index (κ3) is 4.91. The van der Waals surface area contributed by atoms with E-state index in [4.69, 9.17) is 28.3 Å². The van der Waals surface area contributed by atoms with Gasteiger partial charge in [0.25, 0.3) is 0 Å². The van der Waals surface area contributed by atoms with E-state index in [1.165, 1.54) is 0 Å². The molecule has 17 heavy (non-hydrogen) atoms. The summed E-state index contributed by atoms with van der Waals surface area (Å²) in [6, 6.07) is 4.99. The maximum Gasteiger partial charge on any atom is 0.238 e. The molecule has 1 aromatic rings. The van der Waals surface area contributed by atoms with Crippen LogP contribution in [0.4, 0.5) is 5.69 Å². The van der Waals surface area contributed by atoms with Crippen LogP contribution in [0.15, 0.2) is 18.2 Å². The lowest BCUT2D eigenvalue weighted by Gasteiger charge is -2.10. The summed E-state index contributed by atoms with van der Waals surface area (Å²) in [5.74, 6) is -0.263. The van der Waals surface area contributed by atoms with Crippen LogP contribution in [0, 0.1) is 0 Å². The minimum atomic E-state index is -0.494. The lowest BCUT2D eigenvalue weighted by Crippen LogP contribution is -2.32. The molecule has 3 N–H and O–H groups in total. The Morgan fingerprint density at radius 3 is 2.53 bits per heavy atom. The number of carbonyl (C=O) groups is 1. The SMILES string of the molecule is CC(O)CNCC(=O)Nc1c(Cl)cccc1Cl. The van der Waals surface area contributed by atoms with E-state index in [-0.39, 0.29) is 12.5 Å². The van der Waals surface area contributed by atoms with E-state index in [9.17, 15) is 4.79 Å². The van der Waals surface area contributed by atoms with Gasteiger partial charge in [-0.1, -0.05) is 29.3 Å². The van der Waals surface area contributed by atoms with Gasteiger partial charge in [-0.2, -0.15) is 0 Å². The highest BCUT2D eigenvalue weighted by Gasteiger charge is 2.09. The molecule has 4 nitrogen and oxygen atoms in total. The van der Waals surface area contributed by atoms with Crippen molar-refractivity contribution in [2.45, 2.75) is 13.0 Å². The van der Waals surface area contributed by atoms with Gasteiger partial charge >= 0.3 is 0 Å². The van der Waals surface area contributed by atoms with Gasteiger partial charge in [0.15, 0.2) is 0 Å².